The van der Waals surface area contributed by atoms with Gasteiger partial charge in [0.05, 0.1) is 32.0 Å². The van der Waals surface area contributed by atoms with Crippen LogP contribution in [0.3, 0.4) is 0 Å². The highest BCUT2D eigenvalue weighted by molar-refractivity contribution is 5.79. The van der Waals surface area contributed by atoms with Gasteiger partial charge in [0.2, 0.25) is 5.91 Å². The van der Waals surface area contributed by atoms with Crippen molar-refractivity contribution < 1.29 is 48.7 Å². The summed E-state index contributed by atoms with van der Waals surface area (Å²) >= 11 is 0. The van der Waals surface area contributed by atoms with Crippen LogP contribution >= 0.6 is 0 Å². The Morgan fingerprint density at radius 1 is 1.12 bits per heavy atom. The largest absolute Gasteiger partial charge is 0.465 e. The number of carbonyl (C=O) groups is 3. The molecule has 1 unspecified atom stereocenters. The Balaban J connectivity index is 1.41. The molecule has 1 aliphatic heterocycles. The van der Waals surface area contributed by atoms with Crippen molar-refractivity contribution in [2.45, 2.75) is 68.3 Å². The number of esters is 2. The molecule has 4 N–H and O–H groups in total. The van der Waals surface area contributed by atoms with E-state index in [4.69, 9.17) is 18.9 Å². The lowest BCUT2D eigenvalue weighted by molar-refractivity contribution is -0.309. The van der Waals surface area contributed by atoms with Crippen LogP contribution < -0.4 is 5.32 Å². The minimum atomic E-state index is -2.13. The summed E-state index contributed by atoms with van der Waals surface area (Å²) in [5, 5.41) is 35.3. The molecule has 2 aromatic carbocycles. The van der Waals surface area contributed by atoms with Gasteiger partial charge in [0, 0.05) is 25.7 Å². The fourth-order valence-electron chi connectivity index (χ4n) is 5.63. The first-order valence-corrected chi connectivity index (χ1v) is 13.8. The Morgan fingerprint density at radius 2 is 1.74 bits per heavy atom. The number of nitrogens with one attached hydrogen (secondary N) is 1. The zero-order valence-corrected chi connectivity index (χ0v) is 23.6. The van der Waals surface area contributed by atoms with Crippen LogP contribution in [-0.4, -0.2) is 89.7 Å². The highest BCUT2D eigenvalue weighted by Gasteiger charge is 2.56. The molecule has 0 saturated carbocycles. The zero-order valence-electron chi connectivity index (χ0n) is 23.6. The lowest BCUT2D eigenvalue weighted by Gasteiger charge is -2.46. The van der Waals surface area contributed by atoms with Gasteiger partial charge in [-0.3, -0.25) is 9.59 Å². The van der Waals surface area contributed by atoms with E-state index in [1.165, 1.54) is 13.0 Å². The molecule has 0 spiro atoms. The average Bonchev–Trinajstić information content (AvgIpc) is 3.31. The first-order valence-electron chi connectivity index (χ1n) is 13.8. The standard InChI is InChI=1S/C31H37NO10/c1-4-15-41-31(30(38)39-3)16-25(35)27(32-18(2)33)29(42-31)28(37)24(34)13-14-26(36)40-17-23-21-11-7-5-9-19(21)20-10-6-8-12-22(20)23/h4-12,23-25,27-29,34-35,37H,1,13-17H2,2-3H3,(H,32,33)/t24-,25-,27-,28-,29?,31-/m1/s1. The van der Waals surface area contributed by atoms with E-state index in [0.717, 1.165) is 29.4 Å². The summed E-state index contributed by atoms with van der Waals surface area (Å²) in [7, 11) is 1.10. The predicted octanol–water partition coefficient (Wildman–Crippen LogP) is 1.57. The first kappa shape index (κ1) is 31.3. The molecule has 226 valence electrons. The monoisotopic (exact) mass is 583 g/mol. The van der Waals surface area contributed by atoms with E-state index in [0.29, 0.717) is 0 Å². The van der Waals surface area contributed by atoms with E-state index in [1.807, 2.05) is 48.5 Å². The van der Waals surface area contributed by atoms with Crippen LogP contribution in [0.1, 0.15) is 43.2 Å². The van der Waals surface area contributed by atoms with E-state index in [2.05, 4.69) is 11.9 Å². The Kier molecular flexibility index (Phi) is 10.1. The molecule has 1 heterocycles. The molecular weight excluding hydrogens is 546 g/mol. The van der Waals surface area contributed by atoms with Gasteiger partial charge in [-0.25, -0.2) is 4.79 Å². The minimum absolute atomic E-state index is 0.107. The third-order valence-corrected chi connectivity index (χ3v) is 7.62. The number of amides is 1. The van der Waals surface area contributed by atoms with E-state index in [1.54, 1.807) is 0 Å². The summed E-state index contributed by atoms with van der Waals surface area (Å²) in [6.07, 6.45) is -5.73. The Labute approximate surface area is 244 Å². The van der Waals surface area contributed by atoms with Gasteiger partial charge in [-0.1, -0.05) is 54.6 Å². The van der Waals surface area contributed by atoms with Crippen molar-refractivity contribution in [1.29, 1.82) is 0 Å². The van der Waals surface area contributed by atoms with Crippen LogP contribution in [-0.2, 0) is 33.3 Å². The van der Waals surface area contributed by atoms with Crippen LogP contribution in [0.4, 0.5) is 0 Å². The second kappa shape index (κ2) is 13.6. The van der Waals surface area contributed by atoms with Gasteiger partial charge >= 0.3 is 11.9 Å². The number of aliphatic hydroxyl groups excluding tert-OH is 3. The summed E-state index contributed by atoms with van der Waals surface area (Å²) in [5.41, 5.74) is 4.31. The molecular formula is C31H37NO10. The maximum Gasteiger partial charge on any atom is 0.366 e. The van der Waals surface area contributed by atoms with Crippen LogP contribution in [0.5, 0.6) is 0 Å². The highest BCUT2D eigenvalue weighted by Crippen LogP contribution is 2.44. The van der Waals surface area contributed by atoms with E-state index in [9.17, 15) is 29.7 Å². The molecule has 4 rings (SSSR count). The third kappa shape index (κ3) is 6.55. The Morgan fingerprint density at radius 3 is 2.31 bits per heavy atom. The van der Waals surface area contributed by atoms with Gasteiger partial charge in [0.15, 0.2) is 0 Å². The molecule has 42 heavy (non-hydrogen) atoms. The van der Waals surface area contributed by atoms with E-state index >= 15 is 0 Å². The fourth-order valence-corrected chi connectivity index (χ4v) is 5.63. The minimum Gasteiger partial charge on any atom is -0.465 e. The van der Waals surface area contributed by atoms with Crippen molar-refractivity contribution in [3.05, 3.63) is 72.3 Å². The number of rotatable bonds is 12. The summed E-state index contributed by atoms with van der Waals surface area (Å²) in [5.74, 6) is -4.35. The number of carbonyl (C=O) groups excluding carboxylic acids is 3. The van der Waals surface area contributed by atoms with Crippen LogP contribution in [0.15, 0.2) is 61.2 Å². The van der Waals surface area contributed by atoms with Gasteiger partial charge in [-0.2, -0.15) is 0 Å². The molecule has 2 aliphatic rings. The fraction of sp³-hybridized carbons (Fsp3) is 0.452. The normalized spacial score (nSPS) is 24.5. The number of hydrogen-bond acceptors (Lipinski definition) is 10. The SMILES string of the molecule is C=CCO[C@]1(C(=O)OC)C[C@@H](O)[C@@H](NC(C)=O)C([C@H](O)[C@H](O)CCC(=O)OCC2c3ccccc3-c3ccccc32)O1. The average molecular weight is 584 g/mol. The molecule has 1 aliphatic carbocycles. The highest BCUT2D eigenvalue weighted by atomic mass is 16.7. The summed E-state index contributed by atoms with van der Waals surface area (Å²) in [4.78, 5) is 37.2. The lowest BCUT2D eigenvalue weighted by Crippen LogP contribution is -2.67. The first-order chi connectivity index (χ1) is 20.1. The lowest BCUT2D eigenvalue weighted by atomic mass is 9.87. The molecule has 0 radical (unpaired) electrons. The van der Waals surface area contributed by atoms with Gasteiger partial charge in [-0.15, -0.1) is 6.58 Å². The number of benzene rings is 2. The third-order valence-electron chi connectivity index (χ3n) is 7.62. The van der Waals surface area contributed by atoms with Crippen molar-refractivity contribution in [3.8, 4) is 11.1 Å². The van der Waals surface area contributed by atoms with Gasteiger partial charge in [0.1, 0.15) is 18.8 Å². The van der Waals surface area contributed by atoms with Gasteiger partial charge in [-0.05, 0) is 28.7 Å². The maximum absolute atomic E-state index is 12.7. The van der Waals surface area contributed by atoms with Crippen LogP contribution in [0, 0.1) is 0 Å². The molecule has 1 amide bonds. The summed E-state index contributed by atoms with van der Waals surface area (Å²) < 4.78 is 21.8. The molecule has 0 bridgehead atoms. The molecule has 1 saturated heterocycles. The molecule has 11 heteroatoms. The van der Waals surface area contributed by atoms with Crippen LogP contribution in [0.2, 0.25) is 0 Å². The smallest absolute Gasteiger partial charge is 0.366 e. The quantitative estimate of drug-likeness (QED) is 0.213. The second-order valence-electron chi connectivity index (χ2n) is 10.4. The number of ether oxygens (including phenoxy) is 4. The van der Waals surface area contributed by atoms with Crippen molar-refractivity contribution in [3.63, 3.8) is 0 Å². The molecule has 2 aromatic rings. The number of fused-ring (bicyclic) bond motifs is 3. The Hall–Kier alpha value is -3.61. The molecule has 11 nitrogen and oxygen atoms in total. The number of hydrogen-bond donors (Lipinski definition) is 4. The van der Waals surface area contributed by atoms with E-state index in [-0.39, 0.29) is 32.0 Å². The van der Waals surface area contributed by atoms with E-state index < -0.39 is 60.5 Å². The summed E-state index contributed by atoms with van der Waals surface area (Å²) in [6, 6.07) is 14.7. The predicted molar refractivity (Wildman–Crippen MR) is 150 cm³/mol. The zero-order chi connectivity index (χ0) is 30.4. The maximum atomic E-state index is 12.7. The number of methoxy groups -OCH3 is 1. The molecule has 0 aromatic heterocycles. The topological polar surface area (TPSA) is 161 Å². The molecule has 6 atom stereocenters. The Bertz CT molecular complexity index is 1250. The van der Waals surface area contributed by atoms with Gasteiger partial charge < -0.3 is 39.6 Å². The van der Waals surface area contributed by atoms with Crippen LogP contribution in [0.25, 0.3) is 11.1 Å². The van der Waals surface area contributed by atoms with Gasteiger partial charge in [0.25, 0.3) is 5.79 Å². The van der Waals surface area contributed by atoms with Crippen molar-refractivity contribution in [2.75, 3.05) is 20.3 Å². The van der Waals surface area contributed by atoms with Crippen molar-refractivity contribution >= 4 is 17.8 Å². The molecule has 1 fully saturated rings. The van der Waals surface area contributed by atoms with Crippen molar-refractivity contribution in [1.82, 2.24) is 5.32 Å². The summed E-state index contributed by atoms with van der Waals surface area (Å²) in [6.45, 7) is 4.70. The van der Waals surface area contributed by atoms with Crippen molar-refractivity contribution in [2.24, 2.45) is 0 Å². The second-order valence-corrected chi connectivity index (χ2v) is 10.4. The number of aliphatic hydroxyl groups is 3.